The summed E-state index contributed by atoms with van der Waals surface area (Å²) in [6.07, 6.45) is 3.34. The van der Waals surface area contributed by atoms with Gasteiger partial charge in [-0.1, -0.05) is 23.7 Å². The lowest BCUT2D eigenvalue weighted by Gasteiger charge is -2.14. The van der Waals surface area contributed by atoms with Crippen molar-refractivity contribution in [1.82, 2.24) is 15.6 Å². The summed E-state index contributed by atoms with van der Waals surface area (Å²) in [7, 11) is 0. The Labute approximate surface area is 133 Å². The highest BCUT2D eigenvalue weighted by Crippen LogP contribution is 2.10. The molecule has 0 bridgehead atoms. The van der Waals surface area contributed by atoms with E-state index < -0.39 is 6.04 Å². The number of hydrogen-bond donors (Lipinski definition) is 2. The average Bonchev–Trinajstić information content (AvgIpc) is 2.53. The van der Waals surface area contributed by atoms with E-state index in [9.17, 15) is 9.59 Å². The predicted octanol–water partition coefficient (Wildman–Crippen LogP) is 2.17. The Morgan fingerprint density at radius 1 is 1.27 bits per heavy atom. The molecule has 5 nitrogen and oxygen atoms in total. The standard InChI is InChI=1S/C16H16ClN3O2/c1-11(15(21)19-10-12-4-3-7-18-9-12)20-16(22)13-5-2-6-14(17)8-13/h2-9,11H,10H2,1H3,(H,19,21)(H,20,22)/t11-/m0/s1. The third-order valence-electron chi connectivity index (χ3n) is 3.02. The van der Waals surface area contributed by atoms with Gasteiger partial charge in [0.15, 0.2) is 0 Å². The minimum absolute atomic E-state index is 0.265. The third-order valence-corrected chi connectivity index (χ3v) is 3.25. The minimum atomic E-state index is -0.650. The molecule has 2 amide bonds. The van der Waals surface area contributed by atoms with Crippen LogP contribution < -0.4 is 10.6 Å². The zero-order chi connectivity index (χ0) is 15.9. The van der Waals surface area contributed by atoms with Gasteiger partial charge in [0.25, 0.3) is 5.91 Å². The largest absolute Gasteiger partial charge is 0.350 e. The van der Waals surface area contributed by atoms with Crippen LogP contribution in [0.3, 0.4) is 0 Å². The first-order chi connectivity index (χ1) is 10.6. The van der Waals surface area contributed by atoms with E-state index in [0.29, 0.717) is 17.1 Å². The van der Waals surface area contributed by atoms with Gasteiger partial charge in [-0.2, -0.15) is 0 Å². The van der Waals surface area contributed by atoms with Crippen LogP contribution in [0.2, 0.25) is 5.02 Å². The van der Waals surface area contributed by atoms with Crippen molar-refractivity contribution in [3.8, 4) is 0 Å². The summed E-state index contributed by atoms with van der Waals surface area (Å²) >= 11 is 5.84. The number of carbonyl (C=O) groups is 2. The molecule has 1 aromatic heterocycles. The number of carbonyl (C=O) groups excluding carboxylic acids is 2. The van der Waals surface area contributed by atoms with Gasteiger partial charge in [0.2, 0.25) is 5.91 Å². The number of halogens is 1. The molecule has 0 aliphatic heterocycles. The van der Waals surface area contributed by atoms with Crippen molar-refractivity contribution in [3.05, 3.63) is 64.9 Å². The van der Waals surface area contributed by atoms with Crippen LogP contribution in [0.5, 0.6) is 0 Å². The highest BCUT2D eigenvalue weighted by atomic mass is 35.5. The fourth-order valence-electron chi connectivity index (χ4n) is 1.82. The highest BCUT2D eigenvalue weighted by Gasteiger charge is 2.16. The smallest absolute Gasteiger partial charge is 0.251 e. The van der Waals surface area contributed by atoms with E-state index in [-0.39, 0.29) is 11.8 Å². The molecule has 1 atom stereocenters. The van der Waals surface area contributed by atoms with Crippen LogP contribution in [0.15, 0.2) is 48.8 Å². The molecule has 0 fully saturated rings. The molecular formula is C16H16ClN3O2. The molecule has 0 aliphatic rings. The highest BCUT2D eigenvalue weighted by molar-refractivity contribution is 6.31. The van der Waals surface area contributed by atoms with Crippen molar-refractivity contribution < 1.29 is 9.59 Å². The second kappa shape index (κ2) is 7.56. The van der Waals surface area contributed by atoms with Crippen molar-refractivity contribution >= 4 is 23.4 Å². The van der Waals surface area contributed by atoms with Gasteiger partial charge in [0, 0.05) is 29.5 Å². The van der Waals surface area contributed by atoms with E-state index in [1.165, 1.54) is 0 Å². The van der Waals surface area contributed by atoms with Gasteiger partial charge in [-0.05, 0) is 36.8 Å². The first-order valence-corrected chi connectivity index (χ1v) is 7.17. The normalized spacial score (nSPS) is 11.5. The van der Waals surface area contributed by atoms with Crippen LogP contribution in [-0.4, -0.2) is 22.8 Å². The van der Waals surface area contributed by atoms with E-state index >= 15 is 0 Å². The van der Waals surface area contributed by atoms with E-state index in [0.717, 1.165) is 5.56 Å². The summed E-state index contributed by atoms with van der Waals surface area (Å²) in [5.74, 6) is -0.606. The average molecular weight is 318 g/mol. The van der Waals surface area contributed by atoms with Crippen LogP contribution >= 0.6 is 11.6 Å². The topological polar surface area (TPSA) is 71.1 Å². The van der Waals surface area contributed by atoms with Crippen molar-refractivity contribution in [2.24, 2.45) is 0 Å². The van der Waals surface area contributed by atoms with Crippen LogP contribution in [0, 0.1) is 0 Å². The first-order valence-electron chi connectivity index (χ1n) is 6.79. The van der Waals surface area contributed by atoms with Gasteiger partial charge >= 0.3 is 0 Å². The second-order valence-electron chi connectivity index (χ2n) is 4.78. The Kier molecular flexibility index (Phi) is 5.49. The van der Waals surface area contributed by atoms with E-state index in [4.69, 9.17) is 11.6 Å². The Balaban J connectivity index is 1.87. The maximum absolute atomic E-state index is 12.0. The summed E-state index contributed by atoms with van der Waals surface area (Å²) < 4.78 is 0. The summed E-state index contributed by atoms with van der Waals surface area (Å²) in [4.78, 5) is 28.0. The van der Waals surface area contributed by atoms with Crippen LogP contribution in [0.25, 0.3) is 0 Å². The molecule has 0 aliphatic carbocycles. The Morgan fingerprint density at radius 3 is 2.77 bits per heavy atom. The number of pyridine rings is 1. The lowest BCUT2D eigenvalue weighted by molar-refractivity contribution is -0.122. The minimum Gasteiger partial charge on any atom is -0.350 e. The number of benzene rings is 1. The van der Waals surface area contributed by atoms with Crippen molar-refractivity contribution in [1.29, 1.82) is 0 Å². The molecule has 0 unspecified atom stereocenters. The van der Waals surface area contributed by atoms with Crippen molar-refractivity contribution in [2.45, 2.75) is 19.5 Å². The lowest BCUT2D eigenvalue weighted by Crippen LogP contribution is -2.44. The summed E-state index contributed by atoms with van der Waals surface area (Å²) in [6.45, 7) is 1.99. The number of rotatable bonds is 5. The molecule has 2 aromatic rings. The van der Waals surface area contributed by atoms with Crippen molar-refractivity contribution in [3.63, 3.8) is 0 Å². The first kappa shape index (κ1) is 16.0. The van der Waals surface area contributed by atoms with E-state index in [1.807, 2.05) is 6.07 Å². The molecule has 2 rings (SSSR count). The SMILES string of the molecule is C[C@H](NC(=O)c1cccc(Cl)c1)C(=O)NCc1cccnc1. The van der Waals surface area contributed by atoms with Crippen LogP contribution in [0.4, 0.5) is 0 Å². The molecule has 114 valence electrons. The van der Waals surface area contributed by atoms with E-state index in [1.54, 1.807) is 49.6 Å². The second-order valence-corrected chi connectivity index (χ2v) is 5.22. The molecule has 1 heterocycles. The van der Waals surface area contributed by atoms with Gasteiger partial charge in [-0.3, -0.25) is 14.6 Å². The van der Waals surface area contributed by atoms with Crippen LogP contribution in [-0.2, 0) is 11.3 Å². The van der Waals surface area contributed by atoms with Gasteiger partial charge in [0.05, 0.1) is 0 Å². The molecular weight excluding hydrogens is 302 g/mol. The zero-order valence-electron chi connectivity index (χ0n) is 12.0. The Bertz CT molecular complexity index is 661. The molecule has 0 saturated carbocycles. The number of hydrogen-bond acceptors (Lipinski definition) is 3. The third kappa shape index (κ3) is 4.56. The molecule has 0 spiro atoms. The molecule has 2 N–H and O–H groups in total. The van der Waals surface area contributed by atoms with Crippen LogP contribution in [0.1, 0.15) is 22.8 Å². The fraction of sp³-hybridized carbons (Fsp3) is 0.188. The number of aromatic nitrogens is 1. The quantitative estimate of drug-likeness (QED) is 0.888. The summed E-state index contributed by atoms with van der Waals surface area (Å²) in [5.41, 5.74) is 1.31. The molecule has 6 heteroatoms. The maximum Gasteiger partial charge on any atom is 0.251 e. The summed E-state index contributed by atoms with van der Waals surface area (Å²) in [5, 5.41) is 5.85. The van der Waals surface area contributed by atoms with Gasteiger partial charge in [-0.25, -0.2) is 0 Å². The monoisotopic (exact) mass is 317 g/mol. The summed E-state index contributed by atoms with van der Waals surface area (Å²) in [6, 6.07) is 9.57. The number of nitrogens with zero attached hydrogens (tertiary/aromatic N) is 1. The lowest BCUT2D eigenvalue weighted by atomic mass is 10.2. The molecule has 22 heavy (non-hydrogen) atoms. The van der Waals surface area contributed by atoms with Gasteiger partial charge in [-0.15, -0.1) is 0 Å². The van der Waals surface area contributed by atoms with Gasteiger partial charge < -0.3 is 10.6 Å². The zero-order valence-corrected chi connectivity index (χ0v) is 12.8. The molecule has 1 aromatic carbocycles. The molecule has 0 radical (unpaired) electrons. The Hall–Kier alpha value is -2.40. The number of amides is 2. The van der Waals surface area contributed by atoms with Crippen molar-refractivity contribution in [2.75, 3.05) is 0 Å². The molecule has 0 saturated heterocycles. The maximum atomic E-state index is 12.0. The predicted molar refractivity (Wildman–Crippen MR) is 84.5 cm³/mol. The van der Waals surface area contributed by atoms with Gasteiger partial charge in [0.1, 0.15) is 6.04 Å². The van der Waals surface area contributed by atoms with E-state index in [2.05, 4.69) is 15.6 Å². The Morgan fingerprint density at radius 2 is 2.09 bits per heavy atom. The number of nitrogens with one attached hydrogen (secondary N) is 2. The fourth-order valence-corrected chi connectivity index (χ4v) is 2.01.